The lowest BCUT2D eigenvalue weighted by molar-refractivity contribution is 0.0850. The number of carbonyl (C=O) groups excluding carboxylic acids is 1. The van der Waals surface area contributed by atoms with Crippen LogP contribution < -0.4 is 11.0 Å². The quantitative estimate of drug-likeness (QED) is 0.784. The molecule has 0 saturated heterocycles. The molecule has 1 aromatic heterocycles. The first-order valence-corrected chi connectivity index (χ1v) is 9.28. The van der Waals surface area contributed by atoms with Crippen molar-refractivity contribution >= 4 is 17.7 Å². The van der Waals surface area contributed by atoms with Gasteiger partial charge in [-0.25, -0.2) is 9.48 Å². The number of H-pyrrole nitrogens is 1. The van der Waals surface area contributed by atoms with E-state index in [9.17, 15) is 9.59 Å². The molecule has 0 atom stereocenters. The fraction of sp³-hybridized carbons (Fsp3) is 0.471. The highest BCUT2D eigenvalue weighted by molar-refractivity contribution is 7.98. The van der Waals surface area contributed by atoms with Gasteiger partial charge in [0.25, 0.3) is 5.91 Å². The monoisotopic (exact) mass is 346 g/mol. The molecule has 2 aromatic rings. The Balaban J connectivity index is 1.65. The molecule has 1 amide bonds. The molecule has 128 valence electrons. The van der Waals surface area contributed by atoms with Crippen LogP contribution in [0.5, 0.6) is 0 Å². The zero-order valence-corrected chi connectivity index (χ0v) is 14.8. The van der Waals surface area contributed by atoms with Crippen LogP contribution in [0.15, 0.2) is 34.0 Å². The number of hydrogen-bond acceptors (Lipinski definition) is 4. The van der Waals surface area contributed by atoms with E-state index in [0.717, 1.165) is 23.9 Å². The number of hydrogen-bond donors (Lipinski definition) is 2. The minimum atomic E-state index is -0.382. The summed E-state index contributed by atoms with van der Waals surface area (Å²) in [5.74, 6) is -0.252. The Bertz CT molecular complexity index is 792. The summed E-state index contributed by atoms with van der Waals surface area (Å²) in [6.45, 7) is 0.605. The van der Waals surface area contributed by atoms with Gasteiger partial charge in [-0.2, -0.15) is 0 Å². The maximum atomic E-state index is 12.2. The Morgan fingerprint density at radius 3 is 2.83 bits per heavy atom. The molecule has 0 spiro atoms. The second-order valence-electron chi connectivity index (χ2n) is 6.47. The van der Waals surface area contributed by atoms with Crippen molar-refractivity contribution in [2.75, 3.05) is 12.8 Å². The summed E-state index contributed by atoms with van der Waals surface area (Å²) in [7, 11) is 1.52. The van der Waals surface area contributed by atoms with E-state index in [4.69, 9.17) is 0 Å². The van der Waals surface area contributed by atoms with E-state index >= 15 is 0 Å². The minimum Gasteiger partial charge on any atom is -0.349 e. The number of rotatable bonds is 6. The molecule has 0 bridgehead atoms. The standard InChI is InChI=1S/C17H22N4O2S/c1-21-16(23)19-14(20-21)15(22)18-11-17(7-4-8-17)10-12-5-3-6-13(9-12)24-2/h3,5-6,9H,4,7-8,10-11H2,1-2H3,(H,18,22)(H,19,20,23). The molecule has 0 radical (unpaired) electrons. The molecule has 0 unspecified atom stereocenters. The van der Waals surface area contributed by atoms with E-state index < -0.39 is 0 Å². The van der Waals surface area contributed by atoms with Crippen molar-refractivity contribution in [3.8, 4) is 0 Å². The van der Waals surface area contributed by atoms with Crippen molar-refractivity contribution in [3.63, 3.8) is 0 Å². The highest BCUT2D eigenvalue weighted by Crippen LogP contribution is 2.43. The molecule has 2 N–H and O–H groups in total. The van der Waals surface area contributed by atoms with Gasteiger partial charge in [0.05, 0.1) is 0 Å². The fourth-order valence-corrected chi connectivity index (χ4v) is 3.65. The smallest absolute Gasteiger partial charge is 0.343 e. The number of benzene rings is 1. The first-order valence-electron chi connectivity index (χ1n) is 8.06. The number of nitrogens with zero attached hydrogens (tertiary/aromatic N) is 2. The van der Waals surface area contributed by atoms with E-state index in [1.807, 2.05) is 0 Å². The van der Waals surface area contributed by atoms with Crippen LogP contribution in [0.3, 0.4) is 0 Å². The van der Waals surface area contributed by atoms with Gasteiger partial charge < -0.3 is 5.32 Å². The van der Waals surface area contributed by atoms with Crippen LogP contribution in [0, 0.1) is 5.41 Å². The first-order chi connectivity index (χ1) is 11.5. The van der Waals surface area contributed by atoms with Crippen molar-refractivity contribution in [1.29, 1.82) is 0 Å². The summed E-state index contributed by atoms with van der Waals surface area (Å²) in [5.41, 5.74) is 1.04. The maximum Gasteiger partial charge on any atom is 0.343 e. The van der Waals surface area contributed by atoms with Crippen molar-refractivity contribution in [3.05, 3.63) is 46.1 Å². The molecule has 1 aliphatic carbocycles. The number of nitrogens with one attached hydrogen (secondary N) is 2. The summed E-state index contributed by atoms with van der Waals surface area (Å²) < 4.78 is 1.13. The Labute approximate surface area is 145 Å². The van der Waals surface area contributed by atoms with Crippen LogP contribution in [-0.2, 0) is 13.5 Å². The van der Waals surface area contributed by atoms with E-state index in [1.165, 1.54) is 23.9 Å². The van der Waals surface area contributed by atoms with Gasteiger partial charge in [0.15, 0.2) is 0 Å². The van der Waals surface area contributed by atoms with Crippen LogP contribution in [0.4, 0.5) is 0 Å². The number of amides is 1. The summed E-state index contributed by atoms with van der Waals surface area (Å²) in [6, 6.07) is 8.58. The largest absolute Gasteiger partial charge is 0.349 e. The zero-order valence-electron chi connectivity index (χ0n) is 14.0. The number of aryl methyl sites for hydroxylation is 1. The normalized spacial score (nSPS) is 15.8. The SMILES string of the molecule is CSc1cccc(CC2(CNC(=O)c3nn(C)c(=O)[nH]3)CCC2)c1. The van der Waals surface area contributed by atoms with Gasteiger partial charge in [-0.1, -0.05) is 18.6 Å². The molecule has 1 aromatic carbocycles. The van der Waals surface area contributed by atoms with Gasteiger partial charge in [0.1, 0.15) is 0 Å². The van der Waals surface area contributed by atoms with Crippen LogP contribution in [0.1, 0.15) is 35.4 Å². The molecular formula is C17H22N4O2S. The summed E-state index contributed by atoms with van der Waals surface area (Å²) >= 11 is 1.74. The molecule has 1 saturated carbocycles. The number of carbonyl (C=O) groups is 1. The van der Waals surface area contributed by atoms with Gasteiger partial charge in [-0.3, -0.25) is 9.78 Å². The second-order valence-corrected chi connectivity index (χ2v) is 7.35. The fourth-order valence-electron chi connectivity index (χ4n) is 3.16. The Hall–Kier alpha value is -2.02. The van der Waals surface area contributed by atoms with E-state index in [2.05, 4.69) is 45.9 Å². The molecular weight excluding hydrogens is 324 g/mol. The third kappa shape index (κ3) is 3.56. The first kappa shape index (κ1) is 16.8. The average Bonchev–Trinajstić information content (AvgIpc) is 2.89. The summed E-state index contributed by atoms with van der Waals surface area (Å²) in [5, 5.41) is 6.84. The van der Waals surface area contributed by atoms with Crippen LogP contribution in [-0.4, -0.2) is 33.5 Å². The predicted octanol–water partition coefficient (Wildman–Crippen LogP) is 1.97. The third-order valence-corrected chi connectivity index (χ3v) is 5.46. The second kappa shape index (κ2) is 6.84. The lowest BCUT2D eigenvalue weighted by atomic mass is 9.65. The van der Waals surface area contributed by atoms with Gasteiger partial charge in [0.2, 0.25) is 5.82 Å². The van der Waals surface area contributed by atoms with Crippen molar-refractivity contribution in [2.24, 2.45) is 12.5 Å². The van der Waals surface area contributed by atoms with E-state index in [0.29, 0.717) is 6.54 Å². The lowest BCUT2D eigenvalue weighted by Gasteiger charge is -2.42. The molecule has 3 rings (SSSR count). The highest BCUT2D eigenvalue weighted by Gasteiger charge is 2.37. The Kier molecular flexibility index (Phi) is 4.80. The average molecular weight is 346 g/mol. The Morgan fingerprint density at radius 2 is 2.25 bits per heavy atom. The molecule has 6 nitrogen and oxygen atoms in total. The Morgan fingerprint density at radius 1 is 1.46 bits per heavy atom. The van der Waals surface area contributed by atoms with Gasteiger partial charge in [0, 0.05) is 18.5 Å². The number of aromatic nitrogens is 3. The summed E-state index contributed by atoms with van der Waals surface area (Å²) in [6.07, 6.45) is 6.44. The van der Waals surface area contributed by atoms with Gasteiger partial charge >= 0.3 is 5.69 Å². The topological polar surface area (TPSA) is 79.8 Å². The van der Waals surface area contributed by atoms with Gasteiger partial charge in [-0.15, -0.1) is 16.9 Å². The molecule has 7 heteroatoms. The van der Waals surface area contributed by atoms with E-state index in [-0.39, 0.29) is 22.8 Å². The van der Waals surface area contributed by atoms with Gasteiger partial charge in [-0.05, 0) is 48.6 Å². The van der Waals surface area contributed by atoms with Crippen molar-refractivity contribution in [2.45, 2.75) is 30.6 Å². The van der Waals surface area contributed by atoms with Crippen LogP contribution >= 0.6 is 11.8 Å². The van der Waals surface area contributed by atoms with Crippen LogP contribution in [0.2, 0.25) is 0 Å². The highest BCUT2D eigenvalue weighted by atomic mass is 32.2. The molecule has 1 heterocycles. The minimum absolute atomic E-state index is 0.0707. The maximum absolute atomic E-state index is 12.2. The molecule has 1 aliphatic rings. The lowest BCUT2D eigenvalue weighted by Crippen LogP contribution is -2.44. The molecule has 1 fully saturated rings. The molecule has 24 heavy (non-hydrogen) atoms. The van der Waals surface area contributed by atoms with Crippen LogP contribution in [0.25, 0.3) is 0 Å². The zero-order chi connectivity index (χ0) is 17.2. The third-order valence-electron chi connectivity index (χ3n) is 4.74. The van der Waals surface area contributed by atoms with Crippen molar-refractivity contribution < 1.29 is 4.79 Å². The number of thioether (sulfide) groups is 1. The summed E-state index contributed by atoms with van der Waals surface area (Å²) in [4.78, 5) is 27.3. The number of aromatic amines is 1. The van der Waals surface area contributed by atoms with E-state index in [1.54, 1.807) is 11.8 Å². The van der Waals surface area contributed by atoms with Crippen molar-refractivity contribution in [1.82, 2.24) is 20.1 Å². The predicted molar refractivity (Wildman–Crippen MR) is 94.4 cm³/mol. The molecule has 0 aliphatic heterocycles.